The molecule has 1 heterocycles. The fraction of sp³-hybridized carbons (Fsp3) is 0.444. The maximum absolute atomic E-state index is 12.2. The van der Waals surface area contributed by atoms with Crippen LogP contribution in [0.5, 0.6) is 0 Å². The monoisotopic (exact) mass is 329 g/mol. The second-order valence-corrected chi connectivity index (χ2v) is 7.19. The Hall–Kier alpha value is -1.72. The standard InChI is InChI=1S/C18H23N3OS/c1-13-20-17(12-23-13)11-19-10-14-5-4-8-16(9-14)21-18(22)15-6-2-3-7-15/h4-5,8-9,12,15,19H,2-3,6-7,10-11H2,1H3,(H,21,22). The van der Waals surface area contributed by atoms with Crippen molar-refractivity contribution in [1.29, 1.82) is 0 Å². The molecule has 2 N–H and O–H groups in total. The third kappa shape index (κ3) is 4.62. The van der Waals surface area contributed by atoms with Crippen LogP contribution in [0.15, 0.2) is 29.6 Å². The molecule has 0 unspecified atom stereocenters. The number of benzene rings is 1. The highest BCUT2D eigenvalue weighted by molar-refractivity contribution is 7.09. The van der Waals surface area contributed by atoms with Gasteiger partial charge in [-0.25, -0.2) is 4.98 Å². The van der Waals surface area contributed by atoms with Gasteiger partial charge in [-0.2, -0.15) is 0 Å². The smallest absolute Gasteiger partial charge is 0.227 e. The Balaban J connectivity index is 1.51. The molecular weight excluding hydrogens is 306 g/mol. The van der Waals surface area contributed by atoms with E-state index in [1.807, 2.05) is 25.1 Å². The predicted octanol–water partition coefficient (Wildman–Crippen LogP) is 3.87. The summed E-state index contributed by atoms with van der Waals surface area (Å²) in [5.74, 6) is 0.371. The Bertz CT molecular complexity index is 662. The molecule has 1 aliphatic rings. The molecule has 0 bridgehead atoms. The number of carbonyl (C=O) groups excluding carboxylic acids is 1. The van der Waals surface area contributed by atoms with Crippen molar-refractivity contribution in [3.05, 3.63) is 45.9 Å². The third-order valence-corrected chi connectivity index (χ3v) is 5.04. The summed E-state index contributed by atoms with van der Waals surface area (Å²) in [6, 6.07) is 8.07. The van der Waals surface area contributed by atoms with Gasteiger partial charge in [-0.1, -0.05) is 25.0 Å². The molecule has 0 spiro atoms. The van der Waals surface area contributed by atoms with Gasteiger partial charge in [0.25, 0.3) is 0 Å². The highest BCUT2D eigenvalue weighted by Crippen LogP contribution is 2.26. The summed E-state index contributed by atoms with van der Waals surface area (Å²) in [4.78, 5) is 16.6. The lowest BCUT2D eigenvalue weighted by Gasteiger charge is -2.11. The molecule has 1 aliphatic carbocycles. The zero-order valence-electron chi connectivity index (χ0n) is 13.5. The van der Waals surface area contributed by atoms with E-state index < -0.39 is 0 Å². The van der Waals surface area contributed by atoms with E-state index in [9.17, 15) is 4.79 Å². The second kappa shape index (κ2) is 7.70. The van der Waals surface area contributed by atoms with Crippen LogP contribution >= 0.6 is 11.3 Å². The lowest BCUT2D eigenvalue weighted by Crippen LogP contribution is -2.20. The molecule has 0 aliphatic heterocycles. The molecule has 3 rings (SSSR count). The minimum atomic E-state index is 0.172. The maximum Gasteiger partial charge on any atom is 0.227 e. The zero-order chi connectivity index (χ0) is 16.1. The van der Waals surface area contributed by atoms with E-state index in [0.717, 1.165) is 42.3 Å². The number of amides is 1. The SMILES string of the molecule is Cc1nc(CNCc2cccc(NC(=O)C3CCCC3)c2)cs1. The van der Waals surface area contributed by atoms with E-state index in [1.165, 1.54) is 18.4 Å². The molecule has 1 amide bonds. The van der Waals surface area contributed by atoms with Gasteiger partial charge in [-0.05, 0) is 37.5 Å². The van der Waals surface area contributed by atoms with Crippen molar-refractivity contribution in [3.8, 4) is 0 Å². The molecule has 2 aromatic rings. The van der Waals surface area contributed by atoms with Gasteiger partial charge in [0.15, 0.2) is 0 Å². The second-order valence-electron chi connectivity index (χ2n) is 6.13. The molecule has 5 heteroatoms. The number of aromatic nitrogens is 1. The molecule has 4 nitrogen and oxygen atoms in total. The summed E-state index contributed by atoms with van der Waals surface area (Å²) >= 11 is 1.67. The average molecular weight is 329 g/mol. The quantitative estimate of drug-likeness (QED) is 0.846. The van der Waals surface area contributed by atoms with Crippen LogP contribution in [0.1, 0.15) is 41.9 Å². The van der Waals surface area contributed by atoms with Gasteiger partial charge in [0, 0.05) is 30.1 Å². The predicted molar refractivity (Wildman–Crippen MR) is 94.4 cm³/mol. The number of rotatable bonds is 6. The number of thiazole rings is 1. The minimum Gasteiger partial charge on any atom is -0.326 e. The van der Waals surface area contributed by atoms with Gasteiger partial charge < -0.3 is 10.6 Å². The van der Waals surface area contributed by atoms with Gasteiger partial charge in [0.2, 0.25) is 5.91 Å². The lowest BCUT2D eigenvalue weighted by molar-refractivity contribution is -0.119. The molecule has 1 fully saturated rings. The van der Waals surface area contributed by atoms with E-state index in [1.54, 1.807) is 11.3 Å². The molecular formula is C18H23N3OS. The van der Waals surface area contributed by atoms with Crippen molar-refractivity contribution in [3.63, 3.8) is 0 Å². The number of anilines is 1. The number of hydrogen-bond donors (Lipinski definition) is 2. The van der Waals surface area contributed by atoms with Crippen LogP contribution in [-0.4, -0.2) is 10.9 Å². The molecule has 0 atom stereocenters. The highest BCUT2D eigenvalue weighted by Gasteiger charge is 2.22. The fourth-order valence-electron chi connectivity index (χ4n) is 3.02. The van der Waals surface area contributed by atoms with Crippen LogP contribution in [0.2, 0.25) is 0 Å². The fourth-order valence-corrected chi connectivity index (χ4v) is 3.63. The summed E-state index contributed by atoms with van der Waals surface area (Å²) in [7, 11) is 0. The van der Waals surface area contributed by atoms with Crippen molar-refractivity contribution in [2.75, 3.05) is 5.32 Å². The van der Waals surface area contributed by atoms with E-state index in [0.29, 0.717) is 0 Å². The summed E-state index contributed by atoms with van der Waals surface area (Å²) in [5, 5.41) is 9.64. The summed E-state index contributed by atoms with van der Waals surface area (Å²) in [5.41, 5.74) is 3.14. The molecule has 23 heavy (non-hydrogen) atoms. The first kappa shape index (κ1) is 16.1. The van der Waals surface area contributed by atoms with Crippen LogP contribution in [-0.2, 0) is 17.9 Å². The van der Waals surface area contributed by atoms with Crippen molar-refractivity contribution >= 4 is 22.9 Å². The molecule has 1 aromatic carbocycles. The number of carbonyl (C=O) groups is 1. The zero-order valence-corrected chi connectivity index (χ0v) is 14.3. The van der Waals surface area contributed by atoms with Crippen LogP contribution < -0.4 is 10.6 Å². The Kier molecular flexibility index (Phi) is 5.41. The molecule has 0 radical (unpaired) electrons. The number of hydrogen-bond acceptors (Lipinski definition) is 4. The van der Waals surface area contributed by atoms with Crippen LogP contribution in [0, 0.1) is 12.8 Å². The van der Waals surface area contributed by atoms with E-state index in [2.05, 4.69) is 27.1 Å². The first-order chi connectivity index (χ1) is 11.2. The van der Waals surface area contributed by atoms with Crippen LogP contribution in [0.4, 0.5) is 5.69 Å². The van der Waals surface area contributed by atoms with Crippen LogP contribution in [0.25, 0.3) is 0 Å². The van der Waals surface area contributed by atoms with E-state index >= 15 is 0 Å². The summed E-state index contributed by atoms with van der Waals surface area (Å²) < 4.78 is 0. The minimum absolute atomic E-state index is 0.172. The number of aryl methyl sites for hydroxylation is 1. The molecule has 1 saturated carbocycles. The van der Waals surface area contributed by atoms with Crippen molar-refractivity contribution in [1.82, 2.24) is 10.3 Å². The Morgan fingerprint density at radius 2 is 2.13 bits per heavy atom. The Morgan fingerprint density at radius 3 is 2.87 bits per heavy atom. The number of nitrogens with one attached hydrogen (secondary N) is 2. The summed E-state index contributed by atoms with van der Waals surface area (Å²) in [6.45, 7) is 3.55. The normalized spacial score (nSPS) is 15.0. The molecule has 122 valence electrons. The van der Waals surface area contributed by atoms with Gasteiger partial charge >= 0.3 is 0 Å². The molecule has 1 aromatic heterocycles. The van der Waals surface area contributed by atoms with Gasteiger partial charge in [-0.15, -0.1) is 11.3 Å². The number of nitrogens with zero attached hydrogens (tertiary/aromatic N) is 1. The Labute approximate surface area is 141 Å². The van der Waals surface area contributed by atoms with E-state index in [4.69, 9.17) is 0 Å². The van der Waals surface area contributed by atoms with Gasteiger partial charge in [0.05, 0.1) is 10.7 Å². The van der Waals surface area contributed by atoms with Crippen molar-refractivity contribution < 1.29 is 4.79 Å². The molecule has 0 saturated heterocycles. The van der Waals surface area contributed by atoms with Crippen LogP contribution in [0.3, 0.4) is 0 Å². The third-order valence-electron chi connectivity index (χ3n) is 4.22. The van der Waals surface area contributed by atoms with Gasteiger partial charge in [-0.3, -0.25) is 4.79 Å². The Morgan fingerprint density at radius 1 is 1.30 bits per heavy atom. The first-order valence-electron chi connectivity index (χ1n) is 8.22. The first-order valence-corrected chi connectivity index (χ1v) is 9.10. The lowest BCUT2D eigenvalue weighted by atomic mass is 10.1. The summed E-state index contributed by atoms with van der Waals surface area (Å²) in [6.07, 6.45) is 4.41. The average Bonchev–Trinajstić information content (AvgIpc) is 3.19. The van der Waals surface area contributed by atoms with Crippen molar-refractivity contribution in [2.45, 2.75) is 45.7 Å². The highest BCUT2D eigenvalue weighted by atomic mass is 32.1. The topological polar surface area (TPSA) is 54.0 Å². The largest absolute Gasteiger partial charge is 0.326 e. The van der Waals surface area contributed by atoms with Gasteiger partial charge in [0.1, 0.15) is 0 Å². The maximum atomic E-state index is 12.2. The van der Waals surface area contributed by atoms with E-state index in [-0.39, 0.29) is 11.8 Å². The van der Waals surface area contributed by atoms with Crippen molar-refractivity contribution in [2.24, 2.45) is 5.92 Å².